The topological polar surface area (TPSA) is 34.0 Å². The molecule has 0 aliphatic carbocycles. The highest BCUT2D eigenvalue weighted by molar-refractivity contribution is 5.84. The van der Waals surface area contributed by atoms with Crippen LogP contribution in [0.15, 0.2) is 43.1 Å². The number of unbranched alkanes of at least 4 members (excludes halogenated alkanes) is 1. The van der Waals surface area contributed by atoms with Crippen LogP contribution in [0, 0.1) is 0 Å². The number of hydrogen-bond donors (Lipinski definition) is 1. The average Bonchev–Trinajstić information content (AvgIpc) is 2.82. The lowest BCUT2D eigenvalue weighted by atomic mass is 10.1. The summed E-state index contributed by atoms with van der Waals surface area (Å²) in [4.78, 5) is 11.8. The zero-order valence-corrected chi connectivity index (χ0v) is 12.1. The fraction of sp³-hybridized carbons (Fsp3) is 0.353. The van der Waals surface area contributed by atoms with E-state index in [-0.39, 0.29) is 5.91 Å². The molecule has 106 valence electrons. The minimum atomic E-state index is 0.100. The van der Waals surface area contributed by atoms with Crippen molar-refractivity contribution in [2.45, 2.75) is 32.7 Å². The van der Waals surface area contributed by atoms with Crippen LogP contribution in [0.3, 0.4) is 0 Å². The normalized spacial score (nSPS) is 10.7. The molecule has 1 aromatic heterocycles. The molecule has 1 heterocycles. The van der Waals surface area contributed by atoms with Gasteiger partial charge >= 0.3 is 0 Å². The molecule has 0 unspecified atom stereocenters. The van der Waals surface area contributed by atoms with E-state index in [9.17, 15) is 4.79 Å². The molecule has 0 fully saturated rings. The number of aromatic nitrogens is 1. The molecule has 2 aromatic rings. The third-order valence-corrected chi connectivity index (χ3v) is 3.38. The molecule has 0 spiro atoms. The highest BCUT2D eigenvalue weighted by atomic mass is 16.1. The van der Waals surface area contributed by atoms with Gasteiger partial charge in [-0.15, -0.1) is 6.58 Å². The van der Waals surface area contributed by atoms with E-state index in [4.69, 9.17) is 0 Å². The monoisotopic (exact) mass is 270 g/mol. The Labute approximate surface area is 120 Å². The van der Waals surface area contributed by atoms with Gasteiger partial charge in [0.1, 0.15) is 0 Å². The first kappa shape index (κ1) is 14.4. The van der Waals surface area contributed by atoms with Crippen LogP contribution < -0.4 is 5.32 Å². The van der Waals surface area contributed by atoms with Gasteiger partial charge in [-0.2, -0.15) is 0 Å². The summed E-state index contributed by atoms with van der Waals surface area (Å²) < 4.78 is 2.15. The van der Waals surface area contributed by atoms with Crippen molar-refractivity contribution in [3.63, 3.8) is 0 Å². The predicted molar refractivity (Wildman–Crippen MR) is 83.8 cm³/mol. The Morgan fingerprint density at radius 2 is 2.25 bits per heavy atom. The van der Waals surface area contributed by atoms with Gasteiger partial charge in [-0.25, -0.2) is 0 Å². The molecule has 0 atom stereocenters. The molecule has 1 amide bonds. The first-order valence-electron chi connectivity index (χ1n) is 7.20. The fourth-order valence-corrected chi connectivity index (χ4v) is 2.31. The lowest BCUT2D eigenvalue weighted by Crippen LogP contribution is -2.25. The number of rotatable bonds is 7. The molecular weight excluding hydrogens is 248 g/mol. The fourth-order valence-electron chi connectivity index (χ4n) is 2.31. The molecule has 1 N–H and O–H groups in total. The van der Waals surface area contributed by atoms with Crippen LogP contribution >= 0.6 is 0 Å². The molecule has 3 heteroatoms. The first-order chi connectivity index (χ1) is 9.74. The zero-order valence-electron chi connectivity index (χ0n) is 12.1. The number of fused-ring (bicyclic) bond motifs is 1. The highest BCUT2D eigenvalue weighted by Gasteiger charge is 2.05. The standard InChI is InChI=1S/C17H22N2O/c1-3-5-9-18-17(20)13-14-6-7-16-15(12-14)8-11-19(16)10-4-2/h4,6-8,11-12H,2-3,5,9-10,13H2,1H3,(H,18,20). The van der Waals surface area contributed by atoms with Crippen molar-refractivity contribution >= 4 is 16.8 Å². The van der Waals surface area contributed by atoms with Crippen LogP contribution in [0.1, 0.15) is 25.3 Å². The molecule has 0 saturated carbocycles. The SMILES string of the molecule is C=CCn1ccc2cc(CC(=O)NCCCC)ccc21. The molecule has 2 rings (SSSR count). The Balaban J connectivity index is 2.04. The minimum absolute atomic E-state index is 0.100. The number of carbonyl (C=O) groups excluding carboxylic acids is 1. The first-order valence-corrected chi connectivity index (χ1v) is 7.20. The predicted octanol–water partition coefficient (Wildman–Crippen LogP) is 3.29. The van der Waals surface area contributed by atoms with Gasteiger partial charge in [0, 0.05) is 24.8 Å². The van der Waals surface area contributed by atoms with Crippen LogP contribution in [-0.4, -0.2) is 17.0 Å². The number of benzene rings is 1. The molecule has 1 aromatic carbocycles. The summed E-state index contributed by atoms with van der Waals surface area (Å²) in [5, 5.41) is 4.12. The third kappa shape index (κ3) is 3.50. The van der Waals surface area contributed by atoms with E-state index in [1.807, 2.05) is 12.1 Å². The molecule has 3 nitrogen and oxygen atoms in total. The number of nitrogens with zero attached hydrogens (tertiary/aromatic N) is 1. The second kappa shape index (κ2) is 6.94. The summed E-state index contributed by atoms with van der Waals surface area (Å²) >= 11 is 0. The van der Waals surface area contributed by atoms with Gasteiger partial charge in [-0.1, -0.05) is 25.5 Å². The summed E-state index contributed by atoms with van der Waals surface area (Å²) in [7, 11) is 0. The van der Waals surface area contributed by atoms with Crippen molar-refractivity contribution < 1.29 is 4.79 Å². The van der Waals surface area contributed by atoms with E-state index in [0.717, 1.165) is 31.5 Å². The highest BCUT2D eigenvalue weighted by Crippen LogP contribution is 2.18. The van der Waals surface area contributed by atoms with Crippen LogP contribution in [0.5, 0.6) is 0 Å². The lowest BCUT2D eigenvalue weighted by Gasteiger charge is -2.06. The van der Waals surface area contributed by atoms with Crippen molar-refractivity contribution in [3.8, 4) is 0 Å². The van der Waals surface area contributed by atoms with Crippen molar-refractivity contribution in [3.05, 3.63) is 48.7 Å². The second-order valence-electron chi connectivity index (χ2n) is 5.03. The van der Waals surface area contributed by atoms with Crippen molar-refractivity contribution in [1.82, 2.24) is 9.88 Å². The van der Waals surface area contributed by atoms with Gasteiger partial charge < -0.3 is 9.88 Å². The Morgan fingerprint density at radius 1 is 1.40 bits per heavy atom. The Hall–Kier alpha value is -2.03. The number of nitrogens with one attached hydrogen (secondary N) is 1. The summed E-state index contributed by atoms with van der Waals surface area (Å²) in [5.74, 6) is 0.100. The maximum Gasteiger partial charge on any atom is 0.224 e. The van der Waals surface area contributed by atoms with Crippen molar-refractivity contribution in [2.75, 3.05) is 6.54 Å². The molecular formula is C17H22N2O. The maximum absolute atomic E-state index is 11.8. The van der Waals surface area contributed by atoms with Gasteiger partial charge in [-0.05, 0) is 35.6 Å². The van der Waals surface area contributed by atoms with E-state index in [0.29, 0.717) is 6.42 Å². The Bertz CT molecular complexity index is 598. The summed E-state index contributed by atoms with van der Waals surface area (Å²) in [6.45, 7) is 7.46. The summed E-state index contributed by atoms with van der Waals surface area (Å²) in [5.41, 5.74) is 2.24. The number of amides is 1. The van der Waals surface area contributed by atoms with E-state index in [1.165, 1.54) is 10.9 Å². The third-order valence-electron chi connectivity index (χ3n) is 3.38. The lowest BCUT2D eigenvalue weighted by molar-refractivity contribution is -0.120. The number of carbonyl (C=O) groups is 1. The quantitative estimate of drug-likeness (QED) is 0.608. The minimum Gasteiger partial charge on any atom is -0.356 e. The largest absolute Gasteiger partial charge is 0.356 e. The summed E-state index contributed by atoms with van der Waals surface area (Å²) in [6, 6.07) is 8.28. The molecule has 0 bridgehead atoms. The zero-order chi connectivity index (χ0) is 14.4. The number of allylic oxidation sites excluding steroid dienone is 1. The van der Waals surface area contributed by atoms with Crippen LogP contribution in [0.4, 0.5) is 0 Å². The van der Waals surface area contributed by atoms with Gasteiger partial charge in [-0.3, -0.25) is 4.79 Å². The van der Waals surface area contributed by atoms with Crippen molar-refractivity contribution in [1.29, 1.82) is 0 Å². The van der Waals surface area contributed by atoms with Crippen LogP contribution in [0.25, 0.3) is 10.9 Å². The van der Waals surface area contributed by atoms with Crippen molar-refractivity contribution in [2.24, 2.45) is 0 Å². The Morgan fingerprint density at radius 3 is 3.00 bits per heavy atom. The van der Waals surface area contributed by atoms with Gasteiger partial charge in [0.2, 0.25) is 5.91 Å². The molecule has 0 radical (unpaired) electrons. The smallest absolute Gasteiger partial charge is 0.224 e. The van der Waals surface area contributed by atoms with E-state index in [1.54, 1.807) is 0 Å². The maximum atomic E-state index is 11.8. The molecule has 0 aliphatic rings. The van der Waals surface area contributed by atoms with Crippen LogP contribution in [0.2, 0.25) is 0 Å². The number of hydrogen-bond acceptors (Lipinski definition) is 1. The van der Waals surface area contributed by atoms with E-state index >= 15 is 0 Å². The van der Waals surface area contributed by atoms with Crippen LogP contribution in [-0.2, 0) is 17.8 Å². The second-order valence-corrected chi connectivity index (χ2v) is 5.03. The van der Waals surface area contributed by atoms with Gasteiger partial charge in [0.25, 0.3) is 0 Å². The molecule has 0 saturated heterocycles. The molecule has 20 heavy (non-hydrogen) atoms. The van der Waals surface area contributed by atoms with Gasteiger partial charge in [0.15, 0.2) is 0 Å². The summed E-state index contributed by atoms with van der Waals surface area (Å²) in [6.07, 6.45) is 6.52. The average molecular weight is 270 g/mol. The molecule has 0 aliphatic heterocycles. The Kier molecular flexibility index (Phi) is 4.99. The van der Waals surface area contributed by atoms with E-state index in [2.05, 4.69) is 47.8 Å². The van der Waals surface area contributed by atoms with E-state index < -0.39 is 0 Å². The van der Waals surface area contributed by atoms with Gasteiger partial charge in [0.05, 0.1) is 6.42 Å².